The number of rotatable bonds is 6. The fraction of sp³-hybridized carbons (Fsp3) is 0.0357. The first-order valence-corrected chi connectivity index (χ1v) is 19.5. The van der Waals surface area contributed by atoms with Crippen LogP contribution in [0.4, 0.5) is 34.1 Å². The van der Waals surface area contributed by atoms with Crippen molar-refractivity contribution in [3.05, 3.63) is 205 Å². The topological polar surface area (TPSA) is 15.3 Å². The number of aromatic nitrogens is 2. The normalized spacial score (nSPS) is 16.4. The highest BCUT2D eigenvalue weighted by molar-refractivity contribution is 6.32. The predicted molar refractivity (Wildman–Crippen MR) is 255 cm³/mol. The fourth-order valence-electron chi connectivity index (χ4n) is 9.55. The van der Waals surface area contributed by atoms with Gasteiger partial charge in [0.1, 0.15) is 0 Å². The maximum absolute atomic E-state index is 9.19. The summed E-state index contributed by atoms with van der Waals surface area (Å²) in [6, 6.07) is 34.9. The second kappa shape index (κ2) is 12.3. The van der Waals surface area contributed by atoms with Gasteiger partial charge in [-0.05, 0) is 98.5 Å². The zero-order valence-corrected chi connectivity index (χ0v) is 31.5. The maximum Gasteiger partial charge on any atom is 0.0645 e. The minimum absolute atomic E-state index is 0.0789. The fourth-order valence-corrected chi connectivity index (χ4v) is 9.55. The minimum atomic E-state index is -2.42. The smallest absolute Gasteiger partial charge is 0.0645 e. The Labute approximate surface area is 369 Å². The molecule has 4 heteroatoms. The van der Waals surface area contributed by atoms with Crippen molar-refractivity contribution in [2.75, 3.05) is 9.80 Å². The summed E-state index contributed by atoms with van der Waals surface area (Å²) in [4.78, 5) is 3.24. The Kier molecular flexibility index (Phi) is 4.37. The van der Waals surface area contributed by atoms with Gasteiger partial charge in [0.2, 0.25) is 0 Å². The number of anilines is 6. The Morgan fingerprint density at radius 2 is 0.800 bits per heavy atom. The molecule has 0 amide bonds. The molecular weight excluding hydrogens is 729 g/mol. The van der Waals surface area contributed by atoms with Crippen LogP contribution >= 0.6 is 0 Å². The van der Waals surface area contributed by atoms with Gasteiger partial charge in [0.05, 0.1) is 58.2 Å². The highest BCUT2D eigenvalue weighted by Gasteiger charge is 2.27. The van der Waals surface area contributed by atoms with Gasteiger partial charge < -0.3 is 18.6 Å². The van der Waals surface area contributed by atoms with E-state index in [1.54, 1.807) is 34.1 Å². The molecule has 0 atom stereocenters. The van der Waals surface area contributed by atoms with E-state index in [9.17, 15) is 5.48 Å². The van der Waals surface area contributed by atoms with Gasteiger partial charge in [-0.3, -0.25) is 0 Å². The monoisotopic (exact) mass is 782 g/mol. The molecule has 282 valence electrons. The van der Waals surface area contributed by atoms with E-state index in [0.717, 1.165) is 76.2 Å². The van der Waals surface area contributed by atoms with Crippen LogP contribution in [0.15, 0.2) is 194 Å². The van der Waals surface area contributed by atoms with Crippen molar-refractivity contribution in [2.24, 2.45) is 0 Å². The molecule has 0 aliphatic heterocycles. The van der Waals surface area contributed by atoms with Crippen molar-refractivity contribution in [1.29, 1.82) is 0 Å². The number of para-hydroxylation sites is 4. The number of hydrogen-bond acceptors (Lipinski definition) is 2. The summed E-state index contributed by atoms with van der Waals surface area (Å²) < 4.78 is 141. The van der Waals surface area contributed by atoms with E-state index in [1.165, 1.54) is 24.3 Å². The van der Waals surface area contributed by atoms with Gasteiger partial charge in [-0.25, -0.2) is 0 Å². The number of nitrogens with zero attached hydrogens (tertiary/aromatic N) is 4. The molecule has 0 aliphatic rings. The van der Waals surface area contributed by atoms with Gasteiger partial charge in [0.25, 0.3) is 0 Å². The summed E-state index contributed by atoms with van der Waals surface area (Å²) in [5.41, 5.74) is 6.73. The zero-order chi connectivity index (χ0) is 53.3. The number of hydrogen-bond donors (Lipinski definition) is 0. The first-order valence-electron chi connectivity index (χ1n) is 27.5. The first-order chi connectivity index (χ1) is 36.2. The lowest BCUT2D eigenvalue weighted by atomic mass is 10.0. The summed E-state index contributed by atoms with van der Waals surface area (Å²) in [6.45, 7) is -4.83. The van der Waals surface area contributed by atoms with Crippen LogP contribution < -0.4 is 9.80 Å². The molecule has 13 aromatic rings. The van der Waals surface area contributed by atoms with Crippen molar-refractivity contribution in [3.63, 3.8) is 0 Å². The van der Waals surface area contributed by atoms with Crippen LogP contribution in [-0.4, -0.2) is 8.80 Å². The average molecular weight is 783 g/mol. The minimum Gasteiger partial charge on any atom is -0.310 e. The SMILES string of the molecule is [2H]c1c([2H])c([2H])c(N(c2ccc(C([2H])([2H])[2H])cc2)c2ccc3c4cc5c(cc4n4c6ccccc6c2c34)c2ccc(N(c3ccc(C([2H])([2H])[2H])cc3)c3c([2H])c([2H])c([2H])c([2H])c3[2H])c3c4ccccc4n5c23)c([2H])c1[2H]. The highest BCUT2D eigenvalue weighted by Crippen LogP contribution is 2.51. The number of aryl methyl sites for hydroxylation is 2. The van der Waals surface area contributed by atoms with Gasteiger partial charge >= 0.3 is 0 Å². The lowest BCUT2D eigenvalue weighted by Gasteiger charge is -2.26. The van der Waals surface area contributed by atoms with Gasteiger partial charge in [0.15, 0.2) is 0 Å². The zero-order valence-electron chi connectivity index (χ0n) is 47.5. The molecule has 0 fully saturated rings. The summed E-state index contributed by atoms with van der Waals surface area (Å²) >= 11 is 0. The molecule has 4 heterocycles. The number of benzene rings is 9. The van der Waals surface area contributed by atoms with Gasteiger partial charge in [-0.15, -0.1) is 0 Å². The van der Waals surface area contributed by atoms with Crippen molar-refractivity contribution in [1.82, 2.24) is 8.80 Å². The van der Waals surface area contributed by atoms with E-state index < -0.39 is 74.1 Å². The van der Waals surface area contributed by atoms with E-state index in [2.05, 4.69) is 20.9 Å². The molecule has 13 rings (SSSR count). The largest absolute Gasteiger partial charge is 0.310 e. The quantitative estimate of drug-likeness (QED) is 0.167. The van der Waals surface area contributed by atoms with Gasteiger partial charge in [0, 0.05) is 74.1 Å². The van der Waals surface area contributed by atoms with Crippen molar-refractivity contribution in [3.8, 4) is 0 Å². The molecule has 0 spiro atoms. The average Bonchev–Trinajstić information content (AvgIpc) is 4.16. The van der Waals surface area contributed by atoms with Crippen LogP contribution in [0.2, 0.25) is 0 Å². The maximum atomic E-state index is 9.19. The van der Waals surface area contributed by atoms with E-state index >= 15 is 0 Å². The highest BCUT2D eigenvalue weighted by atomic mass is 15.2. The Hall–Kier alpha value is -7.82. The second-order valence-corrected chi connectivity index (χ2v) is 15.0. The molecule has 0 N–H and O–H groups in total. The third-order valence-corrected chi connectivity index (χ3v) is 11.9. The lowest BCUT2D eigenvalue weighted by Crippen LogP contribution is -2.10. The molecule has 0 bridgehead atoms. The van der Waals surface area contributed by atoms with Crippen molar-refractivity contribution >= 4 is 110 Å². The van der Waals surface area contributed by atoms with Crippen molar-refractivity contribution in [2.45, 2.75) is 13.7 Å². The third-order valence-electron chi connectivity index (χ3n) is 11.9. The van der Waals surface area contributed by atoms with E-state index in [-0.39, 0.29) is 22.5 Å². The van der Waals surface area contributed by atoms with E-state index in [1.807, 2.05) is 72.8 Å². The summed E-state index contributed by atoms with van der Waals surface area (Å²) in [7, 11) is 0. The second-order valence-electron chi connectivity index (χ2n) is 15.0. The third kappa shape index (κ3) is 4.50. The Morgan fingerprint density at radius 1 is 0.383 bits per heavy atom. The molecule has 4 nitrogen and oxygen atoms in total. The Morgan fingerprint density at radius 3 is 1.22 bits per heavy atom. The Balaban J connectivity index is 1.11. The van der Waals surface area contributed by atoms with Crippen LogP contribution in [0.1, 0.15) is 33.1 Å². The molecule has 0 unspecified atom stereocenters. The molecular formula is C56H38N4. The summed E-state index contributed by atoms with van der Waals surface area (Å²) in [5, 5.41) is 6.61. The van der Waals surface area contributed by atoms with Gasteiger partial charge in [-0.1, -0.05) is 120 Å². The molecule has 0 radical (unpaired) electrons. The predicted octanol–water partition coefficient (Wildman–Crippen LogP) is 15.5. The summed E-state index contributed by atoms with van der Waals surface area (Å²) in [6.07, 6.45) is 0. The first kappa shape index (κ1) is 21.3. The molecule has 4 aromatic heterocycles. The van der Waals surface area contributed by atoms with Crippen molar-refractivity contribution < 1.29 is 21.9 Å². The lowest BCUT2D eigenvalue weighted by molar-refractivity contribution is 1.29. The number of fused-ring (bicyclic) bond motifs is 12. The van der Waals surface area contributed by atoms with E-state index in [4.69, 9.17) is 16.4 Å². The summed E-state index contributed by atoms with van der Waals surface area (Å²) in [5.74, 6) is 0. The standard InChI is InChI=1S/C56H38N4/c1-35-21-25-39(26-22-35)57(37-13-5-3-6-14-37)49-31-29-41-45-33-52-46(34-51(45)59-47-19-11-9-17-43(47)53(49)55(41)59)42-30-32-50(54-44-18-10-12-20-48(44)60(52)56(42)54)58(38-15-7-4-8-16-38)40-27-23-36(2)24-28-40/h3-34H,1-2H3/i1D3,2D3,3D,4D,5D,6D,7D,8D,13D,14D,15D,16D. The molecule has 0 saturated carbocycles. The van der Waals surface area contributed by atoms with Crippen LogP contribution in [0.5, 0.6) is 0 Å². The van der Waals surface area contributed by atoms with Crippen LogP contribution in [0, 0.1) is 13.7 Å². The van der Waals surface area contributed by atoms with Crippen LogP contribution in [0.25, 0.3) is 76.2 Å². The molecule has 0 aliphatic carbocycles. The van der Waals surface area contributed by atoms with Crippen LogP contribution in [0.3, 0.4) is 0 Å². The van der Waals surface area contributed by atoms with Gasteiger partial charge in [-0.2, -0.15) is 0 Å². The molecule has 0 saturated heterocycles. The molecule has 9 aromatic carbocycles. The molecule has 60 heavy (non-hydrogen) atoms. The van der Waals surface area contributed by atoms with Crippen LogP contribution in [-0.2, 0) is 0 Å². The Bertz CT molecular complexity index is 4260. The van der Waals surface area contributed by atoms with E-state index in [0.29, 0.717) is 22.7 Å².